The van der Waals surface area contributed by atoms with Gasteiger partial charge in [-0.15, -0.1) is 0 Å². The number of nitrogens with one attached hydrogen (secondary N) is 2. The summed E-state index contributed by atoms with van der Waals surface area (Å²) in [6.07, 6.45) is 1.65. The minimum atomic E-state index is -0.217. The van der Waals surface area contributed by atoms with Gasteiger partial charge < -0.3 is 24.8 Å². The third-order valence-corrected chi connectivity index (χ3v) is 3.76. The van der Waals surface area contributed by atoms with Crippen LogP contribution in [0.25, 0.3) is 0 Å². The second kappa shape index (κ2) is 6.32. The first-order valence-corrected chi connectivity index (χ1v) is 7.23. The Labute approximate surface area is 123 Å². The van der Waals surface area contributed by atoms with Gasteiger partial charge in [0.05, 0.1) is 25.4 Å². The Morgan fingerprint density at radius 1 is 1.33 bits per heavy atom. The zero-order valence-corrected chi connectivity index (χ0v) is 12.1. The molecule has 0 bridgehead atoms. The molecule has 3 rings (SSSR count). The molecule has 0 aliphatic carbocycles. The number of rotatable bonds is 3. The highest BCUT2D eigenvalue weighted by molar-refractivity contribution is 5.95. The number of ether oxygens (including phenoxy) is 3. The van der Waals surface area contributed by atoms with Crippen molar-refractivity contribution in [3.05, 3.63) is 18.2 Å². The zero-order chi connectivity index (χ0) is 14.7. The molecule has 2 aliphatic heterocycles. The van der Waals surface area contributed by atoms with Gasteiger partial charge >= 0.3 is 0 Å². The van der Waals surface area contributed by atoms with Gasteiger partial charge in [-0.25, -0.2) is 0 Å². The number of methoxy groups -OCH3 is 1. The first-order valence-electron chi connectivity index (χ1n) is 7.23. The molecule has 2 unspecified atom stereocenters. The van der Waals surface area contributed by atoms with Crippen molar-refractivity contribution in [3.8, 4) is 11.5 Å². The predicted molar refractivity (Wildman–Crippen MR) is 77.9 cm³/mol. The summed E-state index contributed by atoms with van der Waals surface area (Å²) < 4.78 is 16.4. The van der Waals surface area contributed by atoms with E-state index < -0.39 is 0 Å². The van der Waals surface area contributed by atoms with Crippen LogP contribution in [0.1, 0.15) is 12.8 Å². The largest absolute Gasteiger partial charge is 0.490 e. The summed E-state index contributed by atoms with van der Waals surface area (Å²) in [7, 11) is 1.66. The quantitative estimate of drug-likeness (QED) is 0.875. The van der Waals surface area contributed by atoms with E-state index in [1.165, 1.54) is 0 Å². The fraction of sp³-hybridized carbons (Fsp3) is 0.533. The van der Waals surface area contributed by atoms with E-state index >= 15 is 0 Å². The maximum absolute atomic E-state index is 12.2. The monoisotopic (exact) mass is 292 g/mol. The van der Waals surface area contributed by atoms with Gasteiger partial charge in [0.2, 0.25) is 5.91 Å². The Kier molecular flexibility index (Phi) is 4.26. The predicted octanol–water partition coefficient (Wildman–Crippen LogP) is 1.16. The van der Waals surface area contributed by atoms with Crippen LogP contribution < -0.4 is 20.1 Å². The Bertz CT molecular complexity index is 520. The van der Waals surface area contributed by atoms with E-state index in [1.807, 2.05) is 12.1 Å². The van der Waals surface area contributed by atoms with Gasteiger partial charge in [-0.05, 0) is 18.6 Å². The molecule has 6 nitrogen and oxygen atoms in total. The topological polar surface area (TPSA) is 68.8 Å². The zero-order valence-electron chi connectivity index (χ0n) is 12.1. The average molecular weight is 292 g/mol. The SMILES string of the molecule is COC1CNC(C(=O)Nc2ccc3c(c2)OCCCO3)C1. The van der Waals surface area contributed by atoms with Crippen molar-refractivity contribution in [2.24, 2.45) is 0 Å². The molecule has 2 atom stereocenters. The summed E-state index contributed by atoms with van der Waals surface area (Å²) in [5, 5.41) is 6.06. The Balaban J connectivity index is 1.65. The number of hydrogen-bond acceptors (Lipinski definition) is 5. The molecule has 114 valence electrons. The normalized spacial score (nSPS) is 24.4. The molecular formula is C15H20N2O4. The third kappa shape index (κ3) is 3.28. The van der Waals surface area contributed by atoms with Crippen molar-refractivity contribution in [1.82, 2.24) is 5.32 Å². The van der Waals surface area contributed by atoms with Crippen molar-refractivity contribution in [1.29, 1.82) is 0 Å². The van der Waals surface area contributed by atoms with Crippen molar-refractivity contribution in [2.75, 3.05) is 32.2 Å². The number of fused-ring (bicyclic) bond motifs is 1. The average Bonchev–Trinajstić information content (AvgIpc) is 2.86. The molecule has 1 amide bonds. The first kappa shape index (κ1) is 14.2. The maximum atomic E-state index is 12.2. The van der Waals surface area contributed by atoms with E-state index in [-0.39, 0.29) is 18.1 Å². The highest BCUT2D eigenvalue weighted by Gasteiger charge is 2.29. The van der Waals surface area contributed by atoms with E-state index in [2.05, 4.69) is 10.6 Å². The Morgan fingerprint density at radius 3 is 2.90 bits per heavy atom. The number of anilines is 1. The minimum Gasteiger partial charge on any atom is -0.490 e. The molecule has 1 aromatic carbocycles. The van der Waals surface area contributed by atoms with Gasteiger partial charge in [-0.3, -0.25) is 4.79 Å². The number of carbonyl (C=O) groups excluding carboxylic acids is 1. The Hall–Kier alpha value is -1.79. The van der Waals surface area contributed by atoms with Crippen LogP contribution in [0.2, 0.25) is 0 Å². The fourth-order valence-electron chi connectivity index (χ4n) is 2.55. The summed E-state index contributed by atoms with van der Waals surface area (Å²) >= 11 is 0. The van der Waals surface area contributed by atoms with Crippen molar-refractivity contribution in [2.45, 2.75) is 25.0 Å². The van der Waals surface area contributed by atoms with Crippen LogP contribution >= 0.6 is 0 Å². The summed E-state index contributed by atoms with van der Waals surface area (Å²) in [5.41, 5.74) is 0.715. The Morgan fingerprint density at radius 2 is 2.14 bits per heavy atom. The molecule has 2 N–H and O–H groups in total. The summed E-state index contributed by atoms with van der Waals surface area (Å²) in [5.74, 6) is 1.35. The molecular weight excluding hydrogens is 272 g/mol. The fourth-order valence-corrected chi connectivity index (χ4v) is 2.55. The molecule has 6 heteroatoms. The number of benzene rings is 1. The van der Waals surface area contributed by atoms with Crippen molar-refractivity contribution < 1.29 is 19.0 Å². The number of carbonyl (C=O) groups is 1. The van der Waals surface area contributed by atoms with E-state index in [1.54, 1.807) is 13.2 Å². The van der Waals surface area contributed by atoms with Crippen LogP contribution in [0.4, 0.5) is 5.69 Å². The van der Waals surface area contributed by atoms with E-state index in [0.717, 1.165) is 12.2 Å². The molecule has 0 saturated carbocycles. The van der Waals surface area contributed by atoms with Gasteiger partial charge in [-0.1, -0.05) is 0 Å². The summed E-state index contributed by atoms with van der Waals surface area (Å²) in [4.78, 5) is 12.2. The van der Waals surface area contributed by atoms with E-state index in [4.69, 9.17) is 14.2 Å². The first-order chi connectivity index (χ1) is 10.3. The maximum Gasteiger partial charge on any atom is 0.241 e. The lowest BCUT2D eigenvalue weighted by Crippen LogP contribution is -2.35. The third-order valence-electron chi connectivity index (χ3n) is 3.76. The molecule has 1 saturated heterocycles. The molecule has 2 aliphatic rings. The summed E-state index contributed by atoms with van der Waals surface area (Å²) in [6.45, 7) is 1.99. The van der Waals surface area contributed by atoms with E-state index in [9.17, 15) is 4.79 Å². The molecule has 0 spiro atoms. The molecule has 1 aromatic rings. The second-order valence-corrected chi connectivity index (χ2v) is 5.26. The lowest BCUT2D eigenvalue weighted by molar-refractivity contribution is -0.118. The second-order valence-electron chi connectivity index (χ2n) is 5.26. The van der Waals surface area contributed by atoms with Crippen LogP contribution in [-0.2, 0) is 9.53 Å². The highest BCUT2D eigenvalue weighted by Crippen LogP contribution is 2.32. The molecule has 21 heavy (non-hydrogen) atoms. The lowest BCUT2D eigenvalue weighted by atomic mass is 10.2. The summed E-state index contributed by atoms with van der Waals surface area (Å²) in [6, 6.07) is 5.25. The van der Waals surface area contributed by atoms with Gasteiger partial charge in [-0.2, -0.15) is 0 Å². The number of amides is 1. The molecule has 0 aromatic heterocycles. The van der Waals surface area contributed by atoms with E-state index in [0.29, 0.717) is 37.6 Å². The van der Waals surface area contributed by atoms with Gasteiger partial charge in [0.15, 0.2) is 11.5 Å². The van der Waals surface area contributed by atoms with Crippen LogP contribution in [0, 0.1) is 0 Å². The van der Waals surface area contributed by atoms with Crippen LogP contribution in [0.15, 0.2) is 18.2 Å². The lowest BCUT2D eigenvalue weighted by Gasteiger charge is -2.13. The van der Waals surface area contributed by atoms with Crippen molar-refractivity contribution in [3.63, 3.8) is 0 Å². The van der Waals surface area contributed by atoms with Gasteiger partial charge in [0.1, 0.15) is 0 Å². The molecule has 0 radical (unpaired) electrons. The van der Waals surface area contributed by atoms with Crippen LogP contribution in [-0.4, -0.2) is 44.9 Å². The molecule has 1 fully saturated rings. The van der Waals surface area contributed by atoms with Gasteiger partial charge in [0, 0.05) is 31.8 Å². The van der Waals surface area contributed by atoms with Crippen LogP contribution in [0.3, 0.4) is 0 Å². The molecule has 2 heterocycles. The highest BCUT2D eigenvalue weighted by atomic mass is 16.5. The number of hydrogen-bond donors (Lipinski definition) is 2. The van der Waals surface area contributed by atoms with Gasteiger partial charge in [0.25, 0.3) is 0 Å². The van der Waals surface area contributed by atoms with Crippen LogP contribution in [0.5, 0.6) is 11.5 Å². The smallest absolute Gasteiger partial charge is 0.241 e. The van der Waals surface area contributed by atoms with Crippen molar-refractivity contribution >= 4 is 11.6 Å². The minimum absolute atomic E-state index is 0.0518. The standard InChI is InChI=1S/C15H20N2O4/c1-19-11-8-12(16-9-11)15(18)17-10-3-4-13-14(7-10)21-6-2-5-20-13/h3-4,7,11-12,16H,2,5-6,8-9H2,1H3,(H,17,18).